The van der Waals surface area contributed by atoms with Gasteiger partial charge in [-0.2, -0.15) is 0 Å². The number of rotatable bonds is 8. The highest BCUT2D eigenvalue weighted by atomic mass is 35.5. The third-order valence-electron chi connectivity index (χ3n) is 8.71. The van der Waals surface area contributed by atoms with E-state index in [-0.39, 0.29) is 17.9 Å². The maximum Gasteiger partial charge on any atom is 0.318 e. The highest BCUT2D eigenvalue weighted by Gasteiger charge is 2.35. The number of carbonyl (C=O) groups is 2. The fraction of sp³-hybridized carbons (Fsp3) is 0.371. The molecule has 236 valence electrons. The zero-order chi connectivity index (χ0) is 31.5. The molecular weight excluding hydrogens is 625 g/mol. The summed E-state index contributed by atoms with van der Waals surface area (Å²) in [6.07, 6.45) is 4.95. The van der Waals surface area contributed by atoms with Gasteiger partial charge in [0.05, 0.1) is 0 Å². The molecule has 2 aliphatic heterocycles. The van der Waals surface area contributed by atoms with Gasteiger partial charge in [0.1, 0.15) is 6.04 Å². The Morgan fingerprint density at radius 1 is 1.02 bits per heavy atom. The SMILES string of the molecule is CN(C)C[C@@H]1Cc2cc(Cl)ccc2N(C(=O)[C@@H](Cc2c[nH]c3ccccc23)NC(=O)N2CCC(Sc3ccc(Cl)cc3)CC2)C1. The number of anilines is 1. The molecule has 1 aromatic heterocycles. The number of likely N-dealkylation sites (tertiary alicyclic amines) is 1. The van der Waals surface area contributed by atoms with E-state index in [2.05, 4.69) is 35.4 Å². The number of urea groups is 1. The first-order chi connectivity index (χ1) is 21.7. The number of amides is 3. The number of halogens is 2. The summed E-state index contributed by atoms with van der Waals surface area (Å²) in [7, 11) is 4.10. The molecule has 2 atom stereocenters. The average Bonchev–Trinajstić information content (AvgIpc) is 3.43. The molecule has 0 unspecified atom stereocenters. The van der Waals surface area contributed by atoms with Gasteiger partial charge in [0.25, 0.3) is 0 Å². The van der Waals surface area contributed by atoms with E-state index in [1.807, 2.05) is 88.4 Å². The lowest BCUT2D eigenvalue weighted by Crippen LogP contribution is -2.56. The summed E-state index contributed by atoms with van der Waals surface area (Å²) in [4.78, 5) is 38.7. The number of carbonyl (C=O) groups excluding carboxylic acids is 2. The molecule has 10 heteroatoms. The predicted molar refractivity (Wildman–Crippen MR) is 186 cm³/mol. The van der Waals surface area contributed by atoms with Gasteiger partial charge < -0.3 is 25.0 Å². The van der Waals surface area contributed by atoms with E-state index in [1.165, 1.54) is 4.90 Å². The predicted octanol–water partition coefficient (Wildman–Crippen LogP) is 7.12. The lowest BCUT2D eigenvalue weighted by atomic mass is 9.91. The van der Waals surface area contributed by atoms with Crippen LogP contribution in [0.2, 0.25) is 10.0 Å². The summed E-state index contributed by atoms with van der Waals surface area (Å²) >= 11 is 14.3. The van der Waals surface area contributed by atoms with Crippen molar-refractivity contribution in [2.24, 2.45) is 5.92 Å². The molecule has 0 aliphatic carbocycles. The van der Waals surface area contributed by atoms with Crippen LogP contribution in [0.4, 0.5) is 10.5 Å². The molecule has 3 heterocycles. The second-order valence-electron chi connectivity index (χ2n) is 12.4. The Kier molecular flexibility index (Phi) is 9.95. The number of aromatic amines is 1. The molecule has 0 spiro atoms. The van der Waals surface area contributed by atoms with Crippen molar-refractivity contribution in [3.63, 3.8) is 0 Å². The Bertz CT molecular complexity index is 1650. The Morgan fingerprint density at radius 2 is 1.76 bits per heavy atom. The fourth-order valence-corrected chi connectivity index (χ4v) is 8.04. The van der Waals surface area contributed by atoms with Gasteiger partial charge in [-0.25, -0.2) is 4.79 Å². The van der Waals surface area contributed by atoms with Gasteiger partial charge >= 0.3 is 6.03 Å². The molecule has 0 saturated carbocycles. The number of hydrogen-bond donors (Lipinski definition) is 2. The van der Waals surface area contributed by atoms with Crippen LogP contribution >= 0.6 is 35.0 Å². The monoisotopic (exact) mass is 663 g/mol. The minimum Gasteiger partial charge on any atom is -0.361 e. The van der Waals surface area contributed by atoms with Crippen molar-refractivity contribution >= 4 is 63.5 Å². The first-order valence-corrected chi connectivity index (χ1v) is 17.1. The summed E-state index contributed by atoms with van der Waals surface area (Å²) in [5, 5.41) is 6.05. The minimum atomic E-state index is -0.737. The summed E-state index contributed by atoms with van der Waals surface area (Å²) in [6.45, 7) is 2.71. The number of aromatic nitrogens is 1. The van der Waals surface area contributed by atoms with Crippen LogP contribution in [0.3, 0.4) is 0 Å². The van der Waals surface area contributed by atoms with Crippen LogP contribution in [0.15, 0.2) is 77.8 Å². The molecule has 1 saturated heterocycles. The quantitative estimate of drug-likeness (QED) is 0.211. The maximum absolute atomic E-state index is 14.6. The van der Waals surface area contributed by atoms with Crippen LogP contribution in [0, 0.1) is 5.92 Å². The minimum absolute atomic E-state index is 0.103. The smallest absolute Gasteiger partial charge is 0.318 e. The highest BCUT2D eigenvalue weighted by molar-refractivity contribution is 8.00. The molecule has 7 nitrogen and oxygen atoms in total. The van der Waals surface area contributed by atoms with Gasteiger partial charge in [-0.3, -0.25) is 4.79 Å². The summed E-state index contributed by atoms with van der Waals surface area (Å²) < 4.78 is 0. The van der Waals surface area contributed by atoms with Crippen molar-refractivity contribution in [2.45, 2.75) is 41.9 Å². The third-order valence-corrected chi connectivity index (χ3v) is 10.5. The van der Waals surface area contributed by atoms with Gasteiger partial charge in [-0.05, 0) is 98.9 Å². The normalized spacial score (nSPS) is 17.8. The Labute approximate surface area is 279 Å². The summed E-state index contributed by atoms with van der Waals surface area (Å²) in [5.41, 5.74) is 3.94. The Hall–Kier alpha value is -3.17. The van der Waals surface area contributed by atoms with Crippen LogP contribution < -0.4 is 10.2 Å². The zero-order valence-corrected chi connectivity index (χ0v) is 28.0. The summed E-state index contributed by atoms with van der Waals surface area (Å²) in [5.74, 6) is 0.144. The van der Waals surface area contributed by atoms with E-state index in [9.17, 15) is 9.59 Å². The highest BCUT2D eigenvalue weighted by Crippen LogP contribution is 2.34. The molecule has 0 bridgehead atoms. The topological polar surface area (TPSA) is 71.7 Å². The van der Waals surface area contributed by atoms with E-state index >= 15 is 0 Å². The van der Waals surface area contributed by atoms with Crippen LogP contribution in [0.25, 0.3) is 10.9 Å². The van der Waals surface area contributed by atoms with Crippen molar-refractivity contribution in [2.75, 3.05) is 45.2 Å². The van der Waals surface area contributed by atoms with E-state index in [1.54, 1.807) is 0 Å². The van der Waals surface area contributed by atoms with Gasteiger partial charge in [-0.1, -0.05) is 41.4 Å². The average molecular weight is 665 g/mol. The molecule has 4 aromatic rings. The van der Waals surface area contributed by atoms with Crippen LogP contribution in [0.5, 0.6) is 0 Å². The van der Waals surface area contributed by atoms with Crippen molar-refractivity contribution < 1.29 is 9.59 Å². The van der Waals surface area contributed by atoms with Crippen molar-refractivity contribution in [3.05, 3.63) is 94.1 Å². The molecule has 3 aromatic carbocycles. The molecule has 45 heavy (non-hydrogen) atoms. The number of thioether (sulfide) groups is 1. The second-order valence-corrected chi connectivity index (χ2v) is 14.6. The van der Waals surface area contributed by atoms with Gasteiger partial charge in [-0.15, -0.1) is 11.8 Å². The molecule has 3 amide bonds. The zero-order valence-electron chi connectivity index (χ0n) is 25.6. The van der Waals surface area contributed by atoms with E-state index in [0.717, 1.165) is 58.5 Å². The molecule has 2 aliphatic rings. The fourth-order valence-electron chi connectivity index (χ4n) is 6.59. The number of para-hydroxylation sites is 1. The standard InChI is InChI=1S/C35H39Cl2N5O2S/c1-40(2)21-23-17-24-18-27(37)9-12-33(24)42(22-23)34(43)32(19-25-20-38-31-6-4-3-5-30(25)31)39-35(44)41-15-13-29(14-16-41)45-28-10-7-26(36)8-11-28/h3-12,18,20,23,29,32,38H,13-17,19,21-22H2,1-2H3,(H,39,44)/t23-,32+/m0/s1. The second kappa shape index (κ2) is 14.1. The largest absolute Gasteiger partial charge is 0.361 e. The van der Waals surface area contributed by atoms with Crippen LogP contribution in [0.1, 0.15) is 24.0 Å². The first kappa shape index (κ1) is 31.8. The molecule has 2 N–H and O–H groups in total. The molecule has 6 rings (SSSR count). The van der Waals surface area contributed by atoms with Gasteiger partial charge in [0.15, 0.2) is 0 Å². The number of hydrogen-bond acceptors (Lipinski definition) is 4. The maximum atomic E-state index is 14.6. The number of benzene rings is 3. The molecule has 1 fully saturated rings. The van der Waals surface area contributed by atoms with E-state index < -0.39 is 6.04 Å². The summed E-state index contributed by atoms with van der Waals surface area (Å²) in [6, 6.07) is 20.8. The van der Waals surface area contributed by atoms with E-state index in [4.69, 9.17) is 23.2 Å². The van der Waals surface area contributed by atoms with Gasteiger partial charge in [0.2, 0.25) is 5.91 Å². The number of H-pyrrole nitrogens is 1. The lowest BCUT2D eigenvalue weighted by molar-refractivity contribution is -0.120. The van der Waals surface area contributed by atoms with Crippen LogP contribution in [-0.2, 0) is 17.6 Å². The Balaban J connectivity index is 1.21. The number of nitrogens with one attached hydrogen (secondary N) is 2. The lowest BCUT2D eigenvalue weighted by Gasteiger charge is -2.38. The van der Waals surface area contributed by atoms with Crippen LogP contribution in [-0.4, -0.2) is 78.3 Å². The Morgan fingerprint density at radius 3 is 2.51 bits per heavy atom. The first-order valence-electron chi connectivity index (χ1n) is 15.5. The van der Waals surface area contributed by atoms with Gasteiger partial charge in [0, 0.05) is 75.6 Å². The number of piperidine rings is 1. The number of nitrogens with zero attached hydrogens (tertiary/aromatic N) is 3. The van der Waals surface area contributed by atoms with E-state index in [0.29, 0.717) is 36.3 Å². The third kappa shape index (κ3) is 7.63. The number of fused-ring (bicyclic) bond motifs is 2. The molecule has 0 radical (unpaired) electrons. The van der Waals surface area contributed by atoms with Crippen molar-refractivity contribution in [3.8, 4) is 0 Å². The van der Waals surface area contributed by atoms with Crippen molar-refractivity contribution in [1.29, 1.82) is 0 Å². The van der Waals surface area contributed by atoms with Crippen molar-refractivity contribution in [1.82, 2.24) is 20.1 Å². The molecular formula is C35H39Cl2N5O2S.